The van der Waals surface area contributed by atoms with E-state index in [1.807, 2.05) is 24.0 Å². The van der Waals surface area contributed by atoms with Gasteiger partial charge in [-0.05, 0) is 31.0 Å². The molecule has 108 valence electrons. The zero-order valence-electron chi connectivity index (χ0n) is 12.1. The number of carbonyl (C=O) groups excluding carboxylic acids is 1. The van der Waals surface area contributed by atoms with E-state index in [-0.39, 0.29) is 18.3 Å². The van der Waals surface area contributed by atoms with Crippen LogP contribution in [0.2, 0.25) is 0 Å². The van der Waals surface area contributed by atoms with E-state index in [9.17, 15) is 4.79 Å². The Morgan fingerprint density at radius 2 is 1.89 bits per heavy atom. The quantitative estimate of drug-likeness (QED) is 0.812. The monoisotopic (exact) mass is 284 g/mol. The van der Waals surface area contributed by atoms with Gasteiger partial charge >= 0.3 is 0 Å². The number of benzene rings is 1. The average Bonchev–Trinajstić information content (AvgIpc) is 2.39. The van der Waals surface area contributed by atoms with E-state index in [0.29, 0.717) is 17.2 Å². The minimum atomic E-state index is 0. The summed E-state index contributed by atoms with van der Waals surface area (Å²) >= 11 is 0. The molecule has 1 aromatic carbocycles. The molecule has 0 aliphatic rings. The molecule has 0 aromatic heterocycles. The number of amides is 1. The van der Waals surface area contributed by atoms with E-state index in [2.05, 4.69) is 13.8 Å². The molecular weight excluding hydrogens is 260 g/mol. The van der Waals surface area contributed by atoms with Gasteiger partial charge in [-0.1, -0.05) is 32.8 Å². The molecule has 19 heavy (non-hydrogen) atoms. The molecule has 3 nitrogen and oxygen atoms in total. The van der Waals surface area contributed by atoms with Crippen molar-refractivity contribution in [2.75, 3.05) is 18.8 Å². The van der Waals surface area contributed by atoms with E-state index in [1.54, 1.807) is 12.1 Å². The van der Waals surface area contributed by atoms with Crippen LogP contribution in [-0.2, 0) is 0 Å². The molecule has 0 fully saturated rings. The van der Waals surface area contributed by atoms with Crippen LogP contribution in [0.3, 0.4) is 0 Å². The van der Waals surface area contributed by atoms with Gasteiger partial charge in [0.2, 0.25) is 0 Å². The number of hydrogen-bond donors (Lipinski definition) is 1. The number of nitrogens with two attached hydrogens (primary N) is 1. The first-order chi connectivity index (χ1) is 8.62. The largest absolute Gasteiger partial charge is 0.399 e. The third kappa shape index (κ3) is 5.11. The average molecular weight is 285 g/mol. The Morgan fingerprint density at radius 3 is 2.37 bits per heavy atom. The van der Waals surface area contributed by atoms with Crippen molar-refractivity contribution in [3.8, 4) is 0 Å². The van der Waals surface area contributed by atoms with Crippen LogP contribution in [0.1, 0.15) is 44.0 Å². The van der Waals surface area contributed by atoms with Crippen molar-refractivity contribution in [1.29, 1.82) is 0 Å². The first-order valence-corrected chi connectivity index (χ1v) is 6.77. The summed E-state index contributed by atoms with van der Waals surface area (Å²) in [5, 5.41) is 0. The minimum absolute atomic E-state index is 0. The molecule has 0 radical (unpaired) electrons. The van der Waals surface area contributed by atoms with E-state index in [4.69, 9.17) is 5.73 Å². The van der Waals surface area contributed by atoms with Crippen LogP contribution in [-0.4, -0.2) is 23.9 Å². The molecule has 0 bridgehead atoms. The van der Waals surface area contributed by atoms with Crippen molar-refractivity contribution in [3.05, 3.63) is 29.8 Å². The molecule has 1 rings (SSSR count). The summed E-state index contributed by atoms with van der Waals surface area (Å²) in [6.07, 6.45) is 2.22. The van der Waals surface area contributed by atoms with Crippen LogP contribution < -0.4 is 5.73 Å². The Hall–Kier alpha value is -1.22. The molecule has 1 amide bonds. The van der Waals surface area contributed by atoms with Gasteiger partial charge < -0.3 is 10.6 Å². The molecule has 0 saturated carbocycles. The Bertz CT molecular complexity index is 391. The molecule has 0 spiro atoms. The molecule has 0 unspecified atom stereocenters. The van der Waals surface area contributed by atoms with Crippen molar-refractivity contribution < 1.29 is 4.79 Å². The Kier molecular flexibility index (Phi) is 8.24. The van der Waals surface area contributed by atoms with E-state index < -0.39 is 0 Å². The first kappa shape index (κ1) is 17.8. The summed E-state index contributed by atoms with van der Waals surface area (Å²) < 4.78 is 0. The summed E-state index contributed by atoms with van der Waals surface area (Å²) in [6, 6.07) is 7.20. The van der Waals surface area contributed by atoms with Gasteiger partial charge in [-0.25, -0.2) is 0 Å². The van der Waals surface area contributed by atoms with Gasteiger partial charge in [0.1, 0.15) is 0 Å². The Morgan fingerprint density at radius 1 is 1.26 bits per heavy atom. The summed E-state index contributed by atoms with van der Waals surface area (Å²) in [4.78, 5) is 14.3. The van der Waals surface area contributed by atoms with Gasteiger partial charge in [0.25, 0.3) is 5.91 Å². The van der Waals surface area contributed by atoms with Crippen LogP contribution in [0.25, 0.3) is 0 Å². The maximum Gasteiger partial charge on any atom is 0.253 e. The normalized spacial score (nSPS) is 10.1. The highest BCUT2D eigenvalue weighted by molar-refractivity contribution is 5.95. The van der Waals surface area contributed by atoms with Crippen LogP contribution >= 0.6 is 12.4 Å². The smallest absolute Gasteiger partial charge is 0.253 e. The van der Waals surface area contributed by atoms with Gasteiger partial charge in [0, 0.05) is 24.3 Å². The van der Waals surface area contributed by atoms with Crippen molar-refractivity contribution in [1.82, 2.24) is 4.90 Å². The SMILES string of the molecule is CCC(CC)CN(CC)C(=O)c1cccc(N)c1.Cl. The van der Waals surface area contributed by atoms with Crippen molar-refractivity contribution in [2.24, 2.45) is 5.92 Å². The van der Waals surface area contributed by atoms with Crippen LogP contribution in [0.5, 0.6) is 0 Å². The number of rotatable bonds is 6. The summed E-state index contributed by atoms with van der Waals surface area (Å²) in [5.74, 6) is 0.659. The highest BCUT2D eigenvalue weighted by Gasteiger charge is 2.17. The van der Waals surface area contributed by atoms with E-state index in [1.165, 1.54) is 0 Å². The number of nitrogen functional groups attached to an aromatic ring is 1. The van der Waals surface area contributed by atoms with Crippen molar-refractivity contribution >= 4 is 24.0 Å². The predicted octanol–water partition coefficient (Wildman–Crippen LogP) is 3.59. The molecule has 0 atom stereocenters. The fourth-order valence-corrected chi connectivity index (χ4v) is 2.07. The Balaban J connectivity index is 0.00000324. The molecule has 1 aromatic rings. The predicted molar refractivity (Wildman–Crippen MR) is 83.8 cm³/mol. The summed E-state index contributed by atoms with van der Waals surface area (Å²) in [7, 11) is 0. The lowest BCUT2D eigenvalue weighted by Gasteiger charge is -2.25. The van der Waals surface area contributed by atoms with Crippen molar-refractivity contribution in [3.63, 3.8) is 0 Å². The Labute approximate surface area is 122 Å². The lowest BCUT2D eigenvalue weighted by molar-refractivity contribution is 0.0735. The fraction of sp³-hybridized carbons (Fsp3) is 0.533. The first-order valence-electron chi connectivity index (χ1n) is 6.77. The number of hydrogen-bond acceptors (Lipinski definition) is 2. The number of anilines is 1. The van der Waals surface area contributed by atoms with Gasteiger partial charge in [0.05, 0.1) is 0 Å². The molecule has 0 heterocycles. The zero-order chi connectivity index (χ0) is 13.5. The van der Waals surface area contributed by atoms with Gasteiger partial charge in [-0.3, -0.25) is 4.79 Å². The topological polar surface area (TPSA) is 46.3 Å². The third-order valence-corrected chi connectivity index (χ3v) is 3.44. The second kappa shape index (κ2) is 8.81. The highest BCUT2D eigenvalue weighted by atomic mass is 35.5. The van der Waals surface area contributed by atoms with E-state index in [0.717, 1.165) is 25.9 Å². The standard InChI is InChI=1S/C15H24N2O.ClH/c1-4-12(5-2)11-17(6-3)15(18)13-8-7-9-14(16)10-13;/h7-10,12H,4-6,11,16H2,1-3H3;1H. The van der Waals surface area contributed by atoms with Crippen LogP contribution in [0, 0.1) is 5.92 Å². The van der Waals surface area contributed by atoms with Crippen LogP contribution in [0.4, 0.5) is 5.69 Å². The highest BCUT2D eigenvalue weighted by Crippen LogP contribution is 2.14. The molecule has 0 aliphatic heterocycles. The lowest BCUT2D eigenvalue weighted by atomic mass is 10.0. The summed E-state index contributed by atoms with van der Waals surface area (Å²) in [5.41, 5.74) is 7.04. The van der Waals surface area contributed by atoms with Crippen LogP contribution in [0.15, 0.2) is 24.3 Å². The number of carbonyl (C=O) groups is 1. The molecule has 4 heteroatoms. The van der Waals surface area contributed by atoms with Gasteiger partial charge in [-0.15, -0.1) is 12.4 Å². The maximum atomic E-state index is 12.4. The molecular formula is C15H25ClN2O. The maximum absolute atomic E-state index is 12.4. The minimum Gasteiger partial charge on any atom is -0.399 e. The molecule has 0 aliphatic carbocycles. The second-order valence-electron chi connectivity index (χ2n) is 4.65. The number of halogens is 1. The second-order valence-corrected chi connectivity index (χ2v) is 4.65. The molecule has 0 saturated heterocycles. The zero-order valence-corrected chi connectivity index (χ0v) is 12.9. The fourth-order valence-electron chi connectivity index (χ4n) is 2.07. The summed E-state index contributed by atoms with van der Waals surface area (Å²) in [6.45, 7) is 7.94. The van der Waals surface area contributed by atoms with E-state index >= 15 is 0 Å². The van der Waals surface area contributed by atoms with Crippen molar-refractivity contribution in [2.45, 2.75) is 33.6 Å². The number of nitrogens with zero attached hydrogens (tertiary/aromatic N) is 1. The lowest BCUT2D eigenvalue weighted by Crippen LogP contribution is -2.35. The third-order valence-electron chi connectivity index (χ3n) is 3.44. The molecule has 2 N–H and O–H groups in total. The van der Waals surface area contributed by atoms with Gasteiger partial charge in [0.15, 0.2) is 0 Å². The van der Waals surface area contributed by atoms with Gasteiger partial charge in [-0.2, -0.15) is 0 Å².